The molecular formula is C16H10F7NO3. The van der Waals surface area contributed by atoms with Crippen LogP contribution in [0.4, 0.5) is 30.7 Å². The Bertz CT molecular complexity index is 883. The fourth-order valence-corrected chi connectivity index (χ4v) is 2.14. The van der Waals surface area contributed by atoms with E-state index in [0.717, 1.165) is 30.5 Å². The Balaban J connectivity index is 2.53. The molecule has 2 aromatic rings. The summed E-state index contributed by atoms with van der Waals surface area (Å²) in [4.78, 5) is 24.2. The van der Waals surface area contributed by atoms with Crippen LogP contribution in [0.15, 0.2) is 41.5 Å². The average Bonchev–Trinajstić information content (AvgIpc) is 2.53. The number of halogens is 7. The van der Waals surface area contributed by atoms with Crippen molar-refractivity contribution in [3.8, 4) is 11.1 Å². The van der Waals surface area contributed by atoms with Gasteiger partial charge in [-0.15, -0.1) is 0 Å². The maximum absolute atomic E-state index is 13.0. The summed E-state index contributed by atoms with van der Waals surface area (Å²) >= 11 is 0. The Morgan fingerprint density at radius 2 is 1.56 bits per heavy atom. The number of hydrogen-bond acceptors (Lipinski definition) is 3. The summed E-state index contributed by atoms with van der Waals surface area (Å²) in [6, 6.07) is 4.01. The van der Waals surface area contributed by atoms with Gasteiger partial charge in [-0.2, -0.15) is 26.3 Å². The lowest BCUT2D eigenvalue weighted by atomic mass is 10.0. The zero-order valence-electron chi connectivity index (χ0n) is 13.2. The monoisotopic (exact) mass is 397 g/mol. The number of hydrogen-bond donors (Lipinski definition) is 0. The van der Waals surface area contributed by atoms with E-state index < -0.39 is 53.8 Å². The first-order valence-electron chi connectivity index (χ1n) is 7.16. The van der Waals surface area contributed by atoms with Crippen LogP contribution in [-0.2, 0) is 11.3 Å². The molecule has 2 rings (SSSR count). The molecule has 11 heteroatoms. The molecule has 4 nitrogen and oxygen atoms in total. The van der Waals surface area contributed by atoms with Crippen molar-refractivity contribution in [3.63, 3.8) is 0 Å². The molecule has 0 bridgehead atoms. The van der Waals surface area contributed by atoms with Crippen molar-refractivity contribution in [2.24, 2.45) is 0 Å². The molecule has 0 radical (unpaired) electrons. The second kappa shape index (κ2) is 7.41. The van der Waals surface area contributed by atoms with Gasteiger partial charge in [0.15, 0.2) is 6.61 Å². The topological polar surface area (TPSA) is 48.3 Å². The van der Waals surface area contributed by atoms with Crippen LogP contribution in [0.25, 0.3) is 11.1 Å². The maximum Gasteiger partial charge on any atom is 0.422 e. The van der Waals surface area contributed by atoms with Crippen LogP contribution in [0.3, 0.4) is 0 Å². The number of rotatable bonds is 4. The van der Waals surface area contributed by atoms with Crippen LogP contribution in [0.5, 0.6) is 0 Å². The maximum atomic E-state index is 13.0. The van der Waals surface area contributed by atoms with Gasteiger partial charge in [0, 0.05) is 18.0 Å². The van der Waals surface area contributed by atoms with Gasteiger partial charge in [0.2, 0.25) is 5.43 Å². The highest BCUT2D eigenvalue weighted by Crippen LogP contribution is 2.22. The minimum Gasteiger partial charge on any atom is -0.452 e. The predicted molar refractivity (Wildman–Crippen MR) is 78.5 cm³/mol. The van der Waals surface area contributed by atoms with Crippen LogP contribution in [0.2, 0.25) is 0 Å². The molecule has 0 saturated carbocycles. The number of carbonyl (C=O) groups excluding carboxylic acids is 1. The van der Waals surface area contributed by atoms with Crippen molar-refractivity contribution >= 4 is 5.97 Å². The number of alkyl halides is 6. The lowest BCUT2D eigenvalue weighted by Gasteiger charge is -2.14. The Morgan fingerprint density at radius 3 is 2.07 bits per heavy atom. The fraction of sp³-hybridized carbons (Fsp3) is 0.250. The van der Waals surface area contributed by atoms with Crippen molar-refractivity contribution in [3.05, 3.63) is 58.3 Å². The molecule has 1 heterocycles. The van der Waals surface area contributed by atoms with Crippen LogP contribution < -0.4 is 5.43 Å². The molecule has 27 heavy (non-hydrogen) atoms. The van der Waals surface area contributed by atoms with Crippen LogP contribution in [0, 0.1) is 5.82 Å². The van der Waals surface area contributed by atoms with Crippen LogP contribution in [0.1, 0.15) is 10.4 Å². The highest BCUT2D eigenvalue weighted by atomic mass is 19.4. The zero-order valence-corrected chi connectivity index (χ0v) is 13.2. The normalized spacial score (nSPS) is 12.1. The van der Waals surface area contributed by atoms with E-state index in [1.807, 2.05) is 0 Å². The number of ether oxygens (including phenoxy) is 1. The molecule has 0 aliphatic heterocycles. The lowest BCUT2D eigenvalue weighted by Crippen LogP contribution is -2.27. The minimum absolute atomic E-state index is 0.0252. The second-order valence-corrected chi connectivity index (χ2v) is 5.40. The molecule has 0 aliphatic carbocycles. The summed E-state index contributed by atoms with van der Waals surface area (Å²) < 4.78 is 91.9. The summed E-state index contributed by atoms with van der Waals surface area (Å²) in [6.45, 7) is -3.62. The molecule has 0 fully saturated rings. The van der Waals surface area contributed by atoms with Gasteiger partial charge in [0.05, 0.1) is 0 Å². The van der Waals surface area contributed by atoms with E-state index in [1.165, 1.54) is 0 Å². The highest BCUT2D eigenvalue weighted by molar-refractivity contribution is 5.90. The predicted octanol–water partition coefficient (Wildman–Crippen LogP) is 3.94. The van der Waals surface area contributed by atoms with E-state index in [2.05, 4.69) is 4.74 Å². The standard InChI is InChI=1S/C16H10F7NO3/c17-10-3-1-9(2-4-10)11-5-24(7-15(18,19)20)6-12(13(11)25)14(26)27-8-16(21,22)23/h1-6H,7-8H2. The highest BCUT2D eigenvalue weighted by Gasteiger charge is 2.32. The average molecular weight is 397 g/mol. The molecule has 1 aromatic heterocycles. The van der Waals surface area contributed by atoms with E-state index >= 15 is 0 Å². The third-order valence-corrected chi connectivity index (χ3v) is 3.18. The van der Waals surface area contributed by atoms with Crippen molar-refractivity contribution in [1.29, 1.82) is 0 Å². The third-order valence-electron chi connectivity index (χ3n) is 3.18. The van der Waals surface area contributed by atoms with Gasteiger partial charge in [-0.1, -0.05) is 12.1 Å². The summed E-state index contributed by atoms with van der Waals surface area (Å²) in [5.74, 6) is -2.41. The first-order valence-corrected chi connectivity index (χ1v) is 7.16. The van der Waals surface area contributed by atoms with Crippen LogP contribution >= 0.6 is 0 Å². The first-order chi connectivity index (χ1) is 12.4. The number of nitrogens with zero attached hydrogens (tertiary/aromatic N) is 1. The van der Waals surface area contributed by atoms with E-state index in [1.54, 1.807) is 0 Å². The van der Waals surface area contributed by atoms with Gasteiger partial charge in [0.1, 0.15) is 17.9 Å². The molecule has 0 atom stereocenters. The SMILES string of the molecule is O=C(OCC(F)(F)F)c1cn(CC(F)(F)F)cc(-c2ccc(F)cc2)c1=O. The van der Waals surface area contributed by atoms with Gasteiger partial charge in [-0.25, -0.2) is 9.18 Å². The third kappa shape index (κ3) is 5.83. The quantitative estimate of drug-likeness (QED) is 0.580. The molecule has 146 valence electrons. The molecular weight excluding hydrogens is 387 g/mol. The fourth-order valence-electron chi connectivity index (χ4n) is 2.14. The lowest BCUT2D eigenvalue weighted by molar-refractivity contribution is -0.161. The summed E-state index contributed by atoms with van der Waals surface area (Å²) in [6.07, 6.45) is -8.39. The Hall–Kier alpha value is -2.85. The molecule has 0 unspecified atom stereocenters. The van der Waals surface area contributed by atoms with Gasteiger partial charge in [-0.05, 0) is 17.7 Å². The number of esters is 1. The molecule has 0 amide bonds. The van der Waals surface area contributed by atoms with Gasteiger partial charge in [-0.3, -0.25) is 4.79 Å². The number of carbonyl (C=O) groups is 1. The second-order valence-electron chi connectivity index (χ2n) is 5.40. The molecule has 0 aliphatic rings. The van der Waals surface area contributed by atoms with Crippen molar-refractivity contribution in [1.82, 2.24) is 4.57 Å². The van der Waals surface area contributed by atoms with E-state index in [0.29, 0.717) is 10.8 Å². The van der Waals surface area contributed by atoms with Gasteiger partial charge in [0.25, 0.3) is 0 Å². The first kappa shape index (κ1) is 20.5. The van der Waals surface area contributed by atoms with E-state index in [9.17, 15) is 40.3 Å². The summed E-state index contributed by atoms with van der Waals surface area (Å²) in [5, 5.41) is 0. The smallest absolute Gasteiger partial charge is 0.422 e. The van der Waals surface area contributed by atoms with Crippen LogP contribution in [-0.4, -0.2) is 29.5 Å². The Morgan fingerprint density at radius 1 is 0.963 bits per heavy atom. The van der Waals surface area contributed by atoms with E-state index in [-0.39, 0.29) is 5.56 Å². The van der Waals surface area contributed by atoms with Crippen molar-refractivity contribution < 1.29 is 40.3 Å². The molecule has 1 aromatic carbocycles. The summed E-state index contributed by atoms with van der Waals surface area (Å²) in [7, 11) is 0. The van der Waals surface area contributed by atoms with Gasteiger partial charge >= 0.3 is 18.3 Å². The van der Waals surface area contributed by atoms with Gasteiger partial charge < -0.3 is 9.30 Å². The molecule has 0 spiro atoms. The van der Waals surface area contributed by atoms with Crippen molar-refractivity contribution in [2.75, 3.05) is 6.61 Å². The Labute approximate surface area is 146 Å². The summed E-state index contributed by atoms with van der Waals surface area (Å²) in [5.41, 5.74) is -2.61. The zero-order chi connectivity index (χ0) is 20.4. The van der Waals surface area contributed by atoms with E-state index in [4.69, 9.17) is 0 Å². The largest absolute Gasteiger partial charge is 0.452 e. The molecule has 0 saturated heterocycles. The Kier molecular flexibility index (Phi) is 5.62. The number of pyridine rings is 1. The number of benzene rings is 1. The van der Waals surface area contributed by atoms with Crippen molar-refractivity contribution in [2.45, 2.75) is 18.9 Å². The molecule has 0 N–H and O–H groups in total. The number of aromatic nitrogens is 1. The minimum atomic E-state index is -4.88.